The first-order chi connectivity index (χ1) is 11.5. The number of thiazole rings is 1. The highest BCUT2D eigenvalue weighted by atomic mass is 32.1. The van der Waals surface area contributed by atoms with Crippen molar-refractivity contribution in [1.29, 1.82) is 0 Å². The first-order valence-electron chi connectivity index (χ1n) is 7.69. The van der Waals surface area contributed by atoms with E-state index in [0.29, 0.717) is 13.0 Å². The average molecular weight is 347 g/mol. The molecule has 0 saturated carbocycles. The maximum absolute atomic E-state index is 11.9. The second-order valence-corrected chi connectivity index (χ2v) is 6.47. The molecule has 0 aliphatic heterocycles. The summed E-state index contributed by atoms with van der Waals surface area (Å²) in [6, 6.07) is 9.68. The van der Waals surface area contributed by atoms with E-state index in [1.165, 1.54) is 4.90 Å². The van der Waals surface area contributed by atoms with Crippen molar-refractivity contribution >= 4 is 23.3 Å². The van der Waals surface area contributed by atoms with Crippen LogP contribution in [0.1, 0.15) is 12.6 Å². The van der Waals surface area contributed by atoms with Gasteiger partial charge in [0.1, 0.15) is 5.01 Å². The minimum Gasteiger partial charge on any atom is -0.481 e. The summed E-state index contributed by atoms with van der Waals surface area (Å²) in [5.74, 6) is -1.50. The fraction of sp³-hybridized carbons (Fsp3) is 0.353. The molecule has 0 bridgehead atoms. The standard InChI is InChI=1S/C17H21N3O3S/c1-12(16(21)22)10-20(2)17(23)18-9-8-14-11-24-15(19-14)13-6-4-3-5-7-13/h3-7,11-12H,8-10H2,1-2H3,(H,18,23)(H,21,22). The van der Waals surface area contributed by atoms with Crippen LogP contribution in [-0.4, -0.2) is 47.1 Å². The van der Waals surface area contributed by atoms with E-state index in [1.54, 1.807) is 25.3 Å². The normalized spacial score (nSPS) is 11.8. The molecule has 0 radical (unpaired) electrons. The molecular formula is C17H21N3O3S. The van der Waals surface area contributed by atoms with E-state index < -0.39 is 11.9 Å². The molecule has 7 heteroatoms. The van der Waals surface area contributed by atoms with Crippen molar-refractivity contribution in [3.05, 3.63) is 41.4 Å². The number of nitrogens with one attached hydrogen (secondary N) is 1. The second kappa shape index (κ2) is 8.44. The molecule has 2 amide bonds. The Balaban J connectivity index is 1.79. The first-order valence-corrected chi connectivity index (χ1v) is 8.57. The molecule has 2 aromatic rings. The average Bonchev–Trinajstić information content (AvgIpc) is 3.04. The fourth-order valence-corrected chi connectivity index (χ4v) is 3.00. The van der Waals surface area contributed by atoms with Crippen molar-refractivity contribution in [2.75, 3.05) is 20.1 Å². The van der Waals surface area contributed by atoms with Gasteiger partial charge >= 0.3 is 12.0 Å². The number of urea groups is 1. The zero-order chi connectivity index (χ0) is 17.5. The SMILES string of the molecule is CC(CN(C)C(=O)NCCc1csc(-c2ccccc2)n1)C(=O)O. The number of benzene rings is 1. The lowest BCUT2D eigenvalue weighted by Gasteiger charge is -2.19. The van der Waals surface area contributed by atoms with Gasteiger partial charge in [0.2, 0.25) is 0 Å². The van der Waals surface area contributed by atoms with Crippen molar-refractivity contribution in [2.45, 2.75) is 13.3 Å². The van der Waals surface area contributed by atoms with Gasteiger partial charge in [0, 0.05) is 37.5 Å². The van der Waals surface area contributed by atoms with Crippen molar-refractivity contribution in [3.8, 4) is 10.6 Å². The van der Waals surface area contributed by atoms with Gasteiger partial charge in [-0.2, -0.15) is 0 Å². The summed E-state index contributed by atoms with van der Waals surface area (Å²) in [5, 5.41) is 14.6. The van der Waals surface area contributed by atoms with E-state index in [-0.39, 0.29) is 12.6 Å². The highest BCUT2D eigenvalue weighted by Gasteiger charge is 2.17. The minimum atomic E-state index is -0.912. The molecule has 1 unspecified atom stereocenters. The van der Waals surface area contributed by atoms with E-state index >= 15 is 0 Å². The topological polar surface area (TPSA) is 82.5 Å². The third-order valence-corrected chi connectivity index (χ3v) is 4.49. The van der Waals surface area contributed by atoms with Crippen molar-refractivity contribution < 1.29 is 14.7 Å². The van der Waals surface area contributed by atoms with Crippen LogP contribution in [0, 0.1) is 5.92 Å². The molecular weight excluding hydrogens is 326 g/mol. The van der Waals surface area contributed by atoms with Crippen molar-refractivity contribution in [3.63, 3.8) is 0 Å². The van der Waals surface area contributed by atoms with Gasteiger partial charge in [0.05, 0.1) is 11.6 Å². The first kappa shape index (κ1) is 17.9. The predicted octanol–water partition coefficient (Wildman–Crippen LogP) is 2.71. The second-order valence-electron chi connectivity index (χ2n) is 5.61. The van der Waals surface area contributed by atoms with Gasteiger partial charge in [0.15, 0.2) is 0 Å². The van der Waals surface area contributed by atoms with Crippen LogP contribution in [0.2, 0.25) is 0 Å². The highest BCUT2D eigenvalue weighted by molar-refractivity contribution is 7.13. The van der Waals surface area contributed by atoms with Gasteiger partial charge in [-0.1, -0.05) is 37.3 Å². The van der Waals surface area contributed by atoms with E-state index in [2.05, 4.69) is 10.3 Å². The predicted molar refractivity (Wildman–Crippen MR) is 94.1 cm³/mol. The van der Waals surface area contributed by atoms with Gasteiger partial charge in [0.25, 0.3) is 0 Å². The molecule has 0 aliphatic carbocycles. The number of carbonyl (C=O) groups excluding carboxylic acids is 1. The van der Waals surface area contributed by atoms with E-state index in [0.717, 1.165) is 16.3 Å². The maximum atomic E-state index is 11.9. The fourth-order valence-electron chi connectivity index (χ4n) is 2.14. The van der Waals surface area contributed by atoms with Crippen LogP contribution in [0.3, 0.4) is 0 Å². The Morgan fingerprint density at radius 3 is 2.71 bits per heavy atom. The summed E-state index contributed by atoms with van der Waals surface area (Å²) in [6.45, 7) is 2.21. The molecule has 0 fully saturated rings. The molecule has 2 rings (SSSR count). The Bertz CT molecular complexity index is 687. The van der Waals surface area contributed by atoms with Gasteiger partial charge in [-0.25, -0.2) is 9.78 Å². The van der Waals surface area contributed by atoms with Gasteiger partial charge in [-0.15, -0.1) is 11.3 Å². The number of hydrogen-bond donors (Lipinski definition) is 2. The van der Waals surface area contributed by atoms with E-state index in [9.17, 15) is 9.59 Å². The van der Waals surface area contributed by atoms with E-state index in [4.69, 9.17) is 5.11 Å². The Morgan fingerprint density at radius 2 is 2.04 bits per heavy atom. The van der Waals surface area contributed by atoms with Gasteiger partial charge in [-0.3, -0.25) is 4.79 Å². The number of hydrogen-bond acceptors (Lipinski definition) is 4. The van der Waals surface area contributed by atoms with Gasteiger partial charge < -0.3 is 15.3 Å². The number of carboxylic acids is 1. The molecule has 1 aromatic carbocycles. The van der Waals surface area contributed by atoms with Crippen molar-refractivity contribution in [2.24, 2.45) is 5.92 Å². The van der Waals surface area contributed by atoms with Crippen LogP contribution in [0.4, 0.5) is 4.79 Å². The zero-order valence-electron chi connectivity index (χ0n) is 13.7. The van der Waals surface area contributed by atoms with Gasteiger partial charge in [-0.05, 0) is 0 Å². The Kier molecular flexibility index (Phi) is 6.31. The number of rotatable bonds is 7. The molecule has 1 heterocycles. The monoisotopic (exact) mass is 347 g/mol. The van der Waals surface area contributed by atoms with Crippen LogP contribution in [0.15, 0.2) is 35.7 Å². The molecule has 2 N–H and O–H groups in total. The number of nitrogens with zero attached hydrogens (tertiary/aromatic N) is 2. The number of carbonyl (C=O) groups is 2. The summed E-state index contributed by atoms with van der Waals surface area (Å²) >= 11 is 1.58. The quantitative estimate of drug-likeness (QED) is 0.807. The Labute approximate surface area is 145 Å². The van der Waals surface area contributed by atoms with E-state index in [1.807, 2.05) is 35.7 Å². The highest BCUT2D eigenvalue weighted by Crippen LogP contribution is 2.23. The Hall–Kier alpha value is -2.41. The number of aliphatic carboxylic acids is 1. The summed E-state index contributed by atoms with van der Waals surface area (Å²) in [7, 11) is 1.59. The Morgan fingerprint density at radius 1 is 1.33 bits per heavy atom. The number of amides is 2. The largest absolute Gasteiger partial charge is 0.481 e. The molecule has 0 aliphatic rings. The van der Waals surface area contributed by atoms with Crippen LogP contribution in [-0.2, 0) is 11.2 Å². The summed E-state index contributed by atoms with van der Waals surface area (Å²) in [6.07, 6.45) is 0.636. The van der Waals surface area contributed by atoms with Crippen LogP contribution < -0.4 is 5.32 Å². The van der Waals surface area contributed by atoms with Crippen LogP contribution in [0.5, 0.6) is 0 Å². The third kappa shape index (κ3) is 5.06. The minimum absolute atomic E-state index is 0.177. The van der Waals surface area contributed by atoms with Crippen LogP contribution >= 0.6 is 11.3 Å². The zero-order valence-corrected chi connectivity index (χ0v) is 14.5. The molecule has 1 atom stereocenters. The number of carboxylic acid groups (broad SMARTS) is 1. The van der Waals surface area contributed by atoms with Crippen LogP contribution in [0.25, 0.3) is 10.6 Å². The molecule has 0 saturated heterocycles. The molecule has 1 aromatic heterocycles. The lowest BCUT2D eigenvalue weighted by molar-refractivity contribution is -0.141. The molecule has 6 nitrogen and oxygen atoms in total. The lowest BCUT2D eigenvalue weighted by Crippen LogP contribution is -2.41. The summed E-state index contributed by atoms with van der Waals surface area (Å²) < 4.78 is 0. The molecule has 24 heavy (non-hydrogen) atoms. The lowest BCUT2D eigenvalue weighted by atomic mass is 10.2. The maximum Gasteiger partial charge on any atom is 0.317 e. The smallest absolute Gasteiger partial charge is 0.317 e. The number of aromatic nitrogens is 1. The van der Waals surface area contributed by atoms with Crippen molar-refractivity contribution in [1.82, 2.24) is 15.2 Å². The molecule has 0 spiro atoms. The molecule has 128 valence electrons. The summed E-state index contributed by atoms with van der Waals surface area (Å²) in [4.78, 5) is 28.7. The summed E-state index contributed by atoms with van der Waals surface area (Å²) in [5.41, 5.74) is 2.01. The third-order valence-electron chi connectivity index (χ3n) is 3.55.